The molecule has 0 amide bonds. The zero-order valence-electron chi connectivity index (χ0n) is 12.1. The number of hydrogen-bond donors (Lipinski definition) is 3. The maximum Gasteiger partial charge on any atom is 0.119 e. The second kappa shape index (κ2) is 6.89. The van der Waals surface area contributed by atoms with Crippen molar-refractivity contribution in [3.05, 3.63) is 29.8 Å². The Morgan fingerprint density at radius 1 is 1.26 bits per heavy atom. The molecule has 1 saturated heterocycles. The van der Waals surface area contributed by atoms with Crippen LogP contribution in [0.2, 0.25) is 0 Å². The lowest BCUT2D eigenvalue weighted by molar-refractivity contribution is 0.242. The van der Waals surface area contributed by atoms with Crippen molar-refractivity contribution >= 4 is 0 Å². The first-order valence-electron chi connectivity index (χ1n) is 7.17. The summed E-state index contributed by atoms with van der Waals surface area (Å²) in [5.41, 5.74) is 8.01. The number of hydrazine groups is 1. The molecule has 106 valence electrons. The molecule has 4 nitrogen and oxygen atoms in total. The van der Waals surface area contributed by atoms with Gasteiger partial charge in [0.2, 0.25) is 0 Å². The first-order chi connectivity index (χ1) is 9.19. The molecule has 0 aliphatic carbocycles. The molecule has 1 aromatic rings. The van der Waals surface area contributed by atoms with E-state index in [0.717, 1.165) is 25.3 Å². The van der Waals surface area contributed by atoms with Crippen LogP contribution in [0.15, 0.2) is 24.3 Å². The minimum atomic E-state index is 0.224. The monoisotopic (exact) mass is 263 g/mol. The topological polar surface area (TPSA) is 45.3 Å². The predicted molar refractivity (Wildman–Crippen MR) is 78.2 cm³/mol. The molecule has 1 aromatic carbocycles. The van der Waals surface area contributed by atoms with Crippen molar-refractivity contribution in [2.24, 2.45) is 0 Å². The Bertz CT molecular complexity index is 377. The lowest BCUT2D eigenvalue weighted by atomic mass is 10.0. The van der Waals surface area contributed by atoms with Crippen LogP contribution in [0.25, 0.3) is 0 Å². The summed E-state index contributed by atoms with van der Waals surface area (Å²) >= 11 is 0. The number of ether oxygens (including phenoxy) is 1. The molecule has 1 aliphatic heterocycles. The number of hydrogen-bond acceptors (Lipinski definition) is 4. The first-order valence-corrected chi connectivity index (χ1v) is 7.17. The molecule has 2 atom stereocenters. The predicted octanol–water partition coefficient (Wildman–Crippen LogP) is 1.99. The van der Waals surface area contributed by atoms with Crippen molar-refractivity contribution in [1.82, 2.24) is 16.2 Å². The van der Waals surface area contributed by atoms with Crippen molar-refractivity contribution < 1.29 is 4.74 Å². The SMILES string of the molecule is CCNCC1CC(c2ccc(OC(C)C)cc2)NN1. The van der Waals surface area contributed by atoms with E-state index < -0.39 is 0 Å². The summed E-state index contributed by atoms with van der Waals surface area (Å²) in [4.78, 5) is 0. The Hall–Kier alpha value is -1.10. The highest BCUT2D eigenvalue weighted by Crippen LogP contribution is 2.24. The third-order valence-corrected chi connectivity index (χ3v) is 3.28. The molecular weight excluding hydrogens is 238 g/mol. The van der Waals surface area contributed by atoms with Gasteiger partial charge in [-0.05, 0) is 44.5 Å². The zero-order valence-corrected chi connectivity index (χ0v) is 12.1. The van der Waals surface area contributed by atoms with Crippen molar-refractivity contribution in [3.63, 3.8) is 0 Å². The molecule has 1 heterocycles. The van der Waals surface area contributed by atoms with Gasteiger partial charge in [-0.3, -0.25) is 5.43 Å². The third kappa shape index (κ3) is 4.20. The van der Waals surface area contributed by atoms with E-state index in [1.165, 1.54) is 5.56 Å². The van der Waals surface area contributed by atoms with Crippen LogP contribution >= 0.6 is 0 Å². The van der Waals surface area contributed by atoms with Gasteiger partial charge < -0.3 is 10.1 Å². The largest absolute Gasteiger partial charge is 0.491 e. The maximum absolute atomic E-state index is 5.66. The highest BCUT2D eigenvalue weighted by Gasteiger charge is 2.24. The molecule has 0 radical (unpaired) electrons. The molecular formula is C15H25N3O. The number of likely N-dealkylation sites (N-methyl/N-ethyl adjacent to an activating group) is 1. The molecule has 0 spiro atoms. The standard InChI is InChI=1S/C15H25N3O/c1-4-16-10-13-9-15(18-17-13)12-5-7-14(8-6-12)19-11(2)3/h5-8,11,13,15-18H,4,9-10H2,1-3H3. The van der Waals surface area contributed by atoms with Gasteiger partial charge in [0, 0.05) is 18.6 Å². The van der Waals surface area contributed by atoms with Crippen LogP contribution in [-0.4, -0.2) is 25.2 Å². The summed E-state index contributed by atoms with van der Waals surface area (Å²) in [5, 5.41) is 3.37. The van der Waals surface area contributed by atoms with Crippen LogP contribution in [0, 0.1) is 0 Å². The minimum absolute atomic E-state index is 0.224. The Labute approximate surface area is 115 Å². The Kier molecular flexibility index (Phi) is 5.19. The van der Waals surface area contributed by atoms with E-state index in [9.17, 15) is 0 Å². The average Bonchev–Trinajstić information content (AvgIpc) is 2.85. The first kappa shape index (κ1) is 14.3. The fourth-order valence-corrected chi connectivity index (χ4v) is 2.34. The number of rotatable bonds is 6. The van der Waals surface area contributed by atoms with Crippen molar-refractivity contribution in [2.75, 3.05) is 13.1 Å². The van der Waals surface area contributed by atoms with Gasteiger partial charge in [-0.25, -0.2) is 5.43 Å². The summed E-state index contributed by atoms with van der Waals surface area (Å²) in [7, 11) is 0. The molecule has 19 heavy (non-hydrogen) atoms. The van der Waals surface area contributed by atoms with Crippen LogP contribution in [0.5, 0.6) is 5.75 Å². The van der Waals surface area contributed by atoms with Crippen molar-refractivity contribution in [3.8, 4) is 5.75 Å². The summed E-state index contributed by atoms with van der Waals surface area (Å²) in [6.07, 6.45) is 1.33. The summed E-state index contributed by atoms with van der Waals surface area (Å²) in [6, 6.07) is 9.27. The fraction of sp³-hybridized carbons (Fsp3) is 0.600. The van der Waals surface area contributed by atoms with Crippen molar-refractivity contribution in [1.29, 1.82) is 0 Å². The van der Waals surface area contributed by atoms with Gasteiger partial charge in [0.15, 0.2) is 0 Å². The van der Waals surface area contributed by atoms with E-state index >= 15 is 0 Å². The molecule has 3 N–H and O–H groups in total. The van der Waals surface area contributed by atoms with Crippen LogP contribution < -0.4 is 20.9 Å². The molecule has 0 bridgehead atoms. The van der Waals surface area contributed by atoms with E-state index in [1.807, 2.05) is 13.8 Å². The van der Waals surface area contributed by atoms with E-state index in [4.69, 9.17) is 4.74 Å². The van der Waals surface area contributed by atoms with Gasteiger partial charge >= 0.3 is 0 Å². The van der Waals surface area contributed by atoms with Gasteiger partial charge in [-0.15, -0.1) is 0 Å². The summed E-state index contributed by atoms with van der Waals surface area (Å²) in [6.45, 7) is 8.25. The maximum atomic E-state index is 5.66. The number of benzene rings is 1. The summed E-state index contributed by atoms with van der Waals surface area (Å²) in [5.74, 6) is 0.939. The zero-order chi connectivity index (χ0) is 13.7. The van der Waals surface area contributed by atoms with E-state index in [2.05, 4.69) is 47.4 Å². The highest BCUT2D eigenvalue weighted by atomic mass is 16.5. The minimum Gasteiger partial charge on any atom is -0.491 e. The quantitative estimate of drug-likeness (QED) is 0.734. The van der Waals surface area contributed by atoms with Crippen molar-refractivity contribution in [2.45, 2.75) is 45.4 Å². The lowest BCUT2D eigenvalue weighted by Crippen LogP contribution is -2.37. The second-order valence-electron chi connectivity index (χ2n) is 5.32. The Morgan fingerprint density at radius 2 is 2.00 bits per heavy atom. The second-order valence-corrected chi connectivity index (χ2v) is 5.32. The lowest BCUT2D eigenvalue weighted by Gasteiger charge is -2.13. The molecule has 2 rings (SSSR count). The van der Waals surface area contributed by atoms with Gasteiger partial charge in [0.05, 0.1) is 6.10 Å². The fourth-order valence-electron chi connectivity index (χ4n) is 2.34. The third-order valence-electron chi connectivity index (χ3n) is 3.28. The smallest absolute Gasteiger partial charge is 0.119 e. The van der Waals surface area contributed by atoms with Gasteiger partial charge in [-0.2, -0.15) is 0 Å². The average molecular weight is 263 g/mol. The Balaban J connectivity index is 1.89. The molecule has 2 unspecified atom stereocenters. The van der Waals surface area contributed by atoms with Gasteiger partial charge in [0.1, 0.15) is 5.75 Å². The van der Waals surface area contributed by atoms with E-state index in [-0.39, 0.29) is 6.10 Å². The molecule has 1 aliphatic rings. The van der Waals surface area contributed by atoms with Gasteiger partial charge in [0.25, 0.3) is 0 Å². The molecule has 0 aromatic heterocycles. The van der Waals surface area contributed by atoms with Crippen LogP contribution in [-0.2, 0) is 0 Å². The van der Waals surface area contributed by atoms with E-state index in [1.54, 1.807) is 0 Å². The van der Waals surface area contributed by atoms with Crippen LogP contribution in [0.3, 0.4) is 0 Å². The normalized spacial score (nSPS) is 22.9. The van der Waals surface area contributed by atoms with E-state index in [0.29, 0.717) is 12.1 Å². The Morgan fingerprint density at radius 3 is 2.63 bits per heavy atom. The summed E-state index contributed by atoms with van der Waals surface area (Å²) < 4.78 is 5.66. The molecule has 1 fully saturated rings. The van der Waals surface area contributed by atoms with Crippen LogP contribution in [0.1, 0.15) is 38.8 Å². The van der Waals surface area contributed by atoms with Gasteiger partial charge in [-0.1, -0.05) is 19.1 Å². The van der Waals surface area contributed by atoms with Crippen LogP contribution in [0.4, 0.5) is 0 Å². The highest BCUT2D eigenvalue weighted by molar-refractivity contribution is 5.29. The molecule has 0 saturated carbocycles. The number of nitrogens with one attached hydrogen (secondary N) is 3. The molecule has 4 heteroatoms.